The third-order valence-electron chi connectivity index (χ3n) is 5.00. The van der Waals surface area contributed by atoms with Gasteiger partial charge in [0.05, 0.1) is 16.6 Å². The number of halogens is 3. The fraction of sp³-hybridized carbons (Fsp3) is 0.368. The van der Waals surface area contributed by atoms with Crippen LogP contribution in [0.3, 0.4) is 0 Å². The van der Waals surface area contributed by atoms with E-state index in [2.05, 4.69) is 27.5 Å². The number of phenols is 1. The Morgan fingerprint density at radius 3 is 2.75 bits per heavy atom. The van der Waals surface area contributed by atoms with E-state index in [1.54, 1.807) is 10.6 Å². The molecule has 2 N–H and O–H groups in total. The maximum absolute atomic E-state index is 12.9. The molecule has 3 heterocycles. The minimum Gasteiger partial charge on any atom is -0.507 e. The zero-order valence-electron chi connectivity index (χ0n) is 15.2. The Morgan fingerprint density at radius 2 is 2.04 bits per heavy atom. The van der Waals surface area contributed by atoms with Crippen LogP contribution < -0.4 is 5.32 Å². The van der Waals surface area contributed by atoms with E-state index in [0.29, 0.717) is 11.9 Å². The van der Waals surface area contributed by atoms with E-state index in [1.165, 1.54) is 6.07 Å². The van der Waals surface area contributed by atoms with Crippen LogP contribution in [-0.4, -0.2) is 50.8 Å². The van der Waals surface area contributed by atoms with Crippen molar-refractivity contribution in [2.24, 2.45) is 0 Å². The minimum absolute atomic E-state index is 0.186. The van der Waals surface area contributed by atoms with Crippen molar-refractivity contribution < 1.29 is 18.3 Å². The summed E-state index contributed by atoms with van der Waals surface area (Å²) >= 11 is 0. The Kier molecular flexibility index (Phi) is 4.62. The number of piperidine rings is 1. The third-order valence-corrected chi connectivity index (χ3v) is 5.00. The van der Waals surface area contributed by atoms with Gasteiger partial charge >= 0.3 is 6.18 Å². The lowest BCUT2D eigenvalue weighted by molar-refractivity contribution is -0.137. The molecule has 0 amide bonds. The lowest BCUT2D eigenvalue weighted by Gasteiger charge is -2.30. The maximum atomic E-state index is 12.9. The fourth-order valence-corrected chi connectivity index (χ4v) is 3.62. The van der Waals surface area contributed by atoms with Gasteiger partial charge in [-0.3, -0.25) is 4.40 Å². The first kappa shape index (κ1) is 18.5. The number of anilines is 1. The predicted octanol–water partition coefficient (Wildman–Crippen LogP) is 3.63. The number of nitrogens with one attached hydrogen (secondary N) is 1. The second-order valence-corrected chi connectivity index (χ2v) is 7.11. The summed E-state index contributed by atoms with van der Waals surface area (Å²) in [4.78, 5) is 2.25. The van der Waals surface area contributed by atoms with Crippen LogP contribution in [0.25, 0.3) is 16.9 Å². The molecule has 9 heteroatoms. The minimum atomic E-state index is -4.52. The molecule has 3 aromatic rings. The van der Waals surface area contributed by atoms with Gasteiger partial charge in [0.1, 0.15) is 5.75 Å². The fourth-order valence-electron chi connectivity index (χ4n) is 3.62. The highest BCUT2D eigenvalue weighted by Crippen LogP contribution is 2.36. The number of alkyl halides is 3. The van der Waals surface area contributed by atoms with E-state index in [0.717, 1.165) is 37.5 Å². The van der Waals surface area contributed by atoms with Gasteiger partial charge in [0, 0.05) is 18.8 Å². The Labute approximate surface area is 159 Å². The molecule has 0 bridgehead atoms. The molecule has 0 spiro atoms. The highest BCUT2D eigenvalue weighted by molar-refractivity contribution is 5.74. The quantitative estimate of drug-likeness (QED) is 0.714. The van der Waals surface area contributed by atoms with E-state index in [4.69, 9.17) is 0 Å². The standard InChI is InChI=1S/C19H20F3N5O/c1-26-8-2-4-13(11-26)23-17-15-5-3-9-27(15)18(25-24-17)14-7-6-12(10-16(14)28)19(20,21)22/h3,5-7,9-10,13,28H,2,4,8,11H2,1H3,(H,23,24)/t13-/m1/s1. The number of hydrogen-bond acceptors (Lipinski definition) is 5. The second-order valence-electron chi connectivity index (χ2n) is 7.11. The van der Waals surface area contributed by atoms with Gasteiger partial charge in [-0.05, 0) is 56.8 Å². The van der Waals surface area contributed by atoms with Crippen LogP contribution in [0.5, 0.6) is 5.75 Å². The van der Waals surface area contributed by atoms with Crippen LogP contribution in [0.15, 0.2) is 36.5 Å². The van der Waals surface area contributed by atoms with Crippen molar-refractivity contribution >= 4 is 11.3 Å². The van der Waals surface area contributed by atoms with Gasteiger partial charge in [0.15, 0.2) is 11.6 Å². The zero-order valence-corrected chi connectivity index (χ0v) is 15.2. The van der Waals surface area contributed by atoms with E-state index in [9.17, 15) is 18.3 Å². The maximum Gasteiger partial charge on any atom is 0.416 e. The molecule has 28 heavy (non-hydrogen) atoms. The molecule has 1 aromatic carbocycles. The molecular formula is C19H20F3N5O. The van der Waals surface area contributed by atoms with Crippen molar-refractivity contribution in [1.29, 1.82) is 0 Å². The molecular weight excluding hydrogens is 371 g/mol. The van der Waals surface area contributed by atoms with Crippen LogP contribution >= 0.6 is 0 Å². The Morgan fingerprint density at radius 1 is 1.21 bits per heavy atom. The van der Waals surface area contributed by atoms with E-state index >= 15 is 0 Å². The Balaban J connectivity index is 1.70. The lowest BCUT2D eigenvalue weighted by Crippen LogP contribution is -2.40. The number of fused-ring (bicyclic) bond motifs is 1. The number of aromatic nitrogens is 3. The van der Waals surface area contributed by atoms with Gasteiger partial charge in [-0.15, -0.1) is 10.2 Å². The number of phenolic OH excluding ortho intramolecular Hbond substituents is 1. The Bertz CT molecular complexity index is 1000. The lowest BCUT2D eigenvalue weighted by atomic mass is 10.1. The summed E-state index contributed by atoms with van der Waals surface area (Å²) in [5.74, 6) is 0.395. The van der Waals surface area contributed by atoms with Crippen molar-refractivity contribution in [1.82, 2.24) is 19.5 Å². The molecule has 0 saturated carbocycles. The molecule has 148 valence electrons. The van der Waals surface area contributed by atoms with Crippen molar-refractivity contribution in [3.8, 4) is 17.1 Å². The summed E-state index contributed by atoms with van der Waals surface area (Å²) in [5, 5.41) is 22.0. The largest absolute Gasteiger partial charge is 0.507 e. The second kappa shape index (κ2) is 6.97. The van der Waals surface area contributed by atoms with Gasteiger partial charge in [-0.1, -0.05) is 0 Å². The molecule has 1 aliphatic rings. The van der Waals surface area contributed by atoms with Crippen LogP contribution in [0.4, 0.5) is 19.0 Å². The van der Waals surface area contributed by atoms with E-state index in [1.807, 2.05) is 12.1 Å². The van der Waals surface area contributed by atoms with Gasteiger partial charge in [-0.2, -0.15) is 13.2 Å². The molecule has 1 atom stereocenters. The van der Waals surface area contributed by atoms with Gasteiger partial charge < -0.3 is 15.3 Å². The van der Waals surface area contributed by atoms with Crippen molar-refractivity contribution in [3.05, 3.63) is 42.1 Å². The third kappa shape index (κ3) is 3.49. The zero-order chi connectivity index (χ0) is 19.9. The highest BCUT2D eigenvalue weighted by Gasteiger charge is 2.31. The van der Waals surface area contributed by atoms with E-state index < -0.39 is 17.5 Å². The average Bonchev–Trinajstić information content (AvgIpc) is 3.12. The average molecular weight is 391 g/mol. The van der Waals surface area contributed by atoms with Crippen molar-refractivity contribution in [2.45, 2.75) is 25.1 Å². The summed E-state index contributed by atoms with van der Waals surface area (Å²) in [7, 11) is 2.07. The molecule has 1 fully saturated rings. The van der Waals surface area contributed by atoms with Gasteiger partial charge in [0.25, 0.3) is 0 Å². The normalized spacial score (nSPS) is 18.5. The Hall–Kier alpha value is -2.81. The predicted molar refractivity (Wildman–Crippen MR) is 99.2 cm³/mol. The summed E-state index contributed by atoms with van der Waals surface area (Å²) in [6.45, 7) is 1.96. The number of benzene rings is 1. The first-order valence-electron chi connectivity index (χ1n) is 9.02. The molecule has 6 nitrogen and oxygen atoms in total. The number of aromatic hydroxyl groups is 1. The van der Waals surface area contributed by atoms with Gasteiger partial charge in [-0.25, -0.2) is 0 Å². The van der Waals surface area contributed by atoms with E-state index in [-0.39, 0.29) is 17.4 Å². The smallest absolute Gasteiger partial charge is 0.416 e. The highest BCUT2D eigenvalue weighted by atomic mass is 19.4. The van der Waals surface area contributed by atoms with Gasteiger partial charge in [0.2, 0.25) is 0 Å². The number of likely N-dealkylation sites (N-methyl/N-ethyl adjacent to an activating group) is 1. The summed E-state index contributed by atoms with van der Waals surface area (Å²) in [6.07, 6.45) is -0.656. The number of hydrogen-bond donors (Lipinski definition) is 2. The van der Waals surface area contributed by atoms with Crippen LogP contribution in [0, 0.1) is 0 Å². The molecule has 0 radical (unpaired) electrons. The number of nitrogens with zero attached hydrogens (tertiary/aromatic N) is 4. The monoisotopic (exact) mass is 391 g/mol. The molecule has 2 aromatic heterocycles. The first-order chi connectivity index (χ1) is 13.3. The molecule has 0 aliphatic carbocycles. The SMILES string of the molecule is CN1CCC[C@@H](Nc2nnc(-c3ccc(C(F)(F)F)cc3O)n3cccc23)C1. The number of rotatable bonds is 3. The van der Waals surface area contributed by atoms with Crippen LogP contribution in [-0.2, 0) is 6.18 Å². The molecule has 1 saturated heterocycles. The molecule has 4 rings (SSSR count). The number of likely N-dealkylation sites (tertiary alicyclic amines) is 1. The first-order valence-corrected chi connectivity index (χ1v) is 9.02. The topological polar surface area (TPSA) is 65.7 Å². The van der Waals surface area contributed by atoms with Crippen LogP contribution in [0.2, 0.25) is 0 Å². The molecule has 1 aliphatic heterocycles. The molecule has 0 unspecified atom stereocenters. The van der Waals surface area contributed by atoms with Crippen LogP contribution in [0.1, 0.15) is 18.4 Å². The summed E-state index contributed by atoms with van der Waals surface area (Å²) in [6, 6.07) is 6.75. The summed E-state index contributed by atoms with van der Waals surface area (Å²) < 4.78 is 40.3. The van der Waals surface area contributed by atoms with Crippen molar-refractivity contribution in [2.75, 3.05) is 25.5 Å². The summed E-state index contributed by atoms with van der Waals surface area (Å²) in [5.41, 5.74) is 0.0216. The van der Waals surface area contributed by atoms with Crippen molar-refractivity contribution in [3.63, 3.8) is 0 Å².